The Morgan fingerprint density at radius 1 is 1.44 bits per heavy atom. The van der Waals surface area contributed by atoms with Crippen LogP contribution in [0.25, 0.3) is 0 Å². The van der Waals surface area contributed by atoms with Gasteiger partial charge in [-0.15, -0.1) is 12.4 Å². The van der Waals surface area contributed by atoms with E-state index < -0.39 is 15.6 Å². The topological polar surface area (TPSA) is 72.2 Å². The van der Waals surface area contributed by atoms with Gasteiger partial charge >= 0.3 is 0 Å². The number of hydrogen-bond acceptors (Lipinski definition) is 3. The predicted octanol–water partition coefficient (Wildman–Crippen LogP) is 1.26. The highest BCUT2D eigenvalue weighted by Crippen LogP contribution is 2.33. The summed E-state index contributed by atoms with van der Waals surface area (Å²) in [7, 11) is -3.15. The normalized spacial score (nSPS) is 30.8. The fourth-order valence-corrected chi connectivity index (χ4v) is 3.44. The molecule has 0 saturated heterocycles. The summed E-state index contributed by atoms with van der Waals surface area (Å²) in [6.07, 6.45) is 4.16. The molecule has 2 atom stereocenters. The summed E-state index contributed by atoms with van der Waals surface area (Å²) in [6.45, 7) is 4.14. The van der Waals surface area contributed by atoms with Gasteiger partial charge in [-0.05, 0) is 25.7 Å². The SMILES string of the molecule is CCS(=O)(=O)NC1(CN)CCCCC1C.Cl. The molecule has 3 N–H and O–H groups in total. The van der Waals surface area contributed by atoms with Gasteiger partial charge in [-0.3, -0.25) is 0 Å². The molecule has 0 aliphatic heterocycles. The molecule has 1 aliphatic carbocycles. The van der Waals surface area contributed by atoms with E-state index in [-0.39, 0.29) is 18.2 Å². The smallest absolute Gasteiger partial charge is 0.211 e. The largest absolute Gasteiger partial charge is 0.329 e. The second-order valence-electron chi connectivity index (χ2n) is 4.51. The summed E-state index contributed by atoms with van der Waals surface area (Å²) in [5, 5.41) is 0. The maximum Gasteiger partial charge on any atom is 0.211 e. The molecule has 0 amide bonds. The first kappa shape index (κ1) is 16.2. The second-order valence-corrected chi connectivity index (χ2v) is 6.52. The molecule has 0 bridgehead atoms. The van der Waals surface area contributed by atoms with Crippen molar-refractivity contribution in [3.8, 4) is 0 Å². The van der Waals surface area contributed by atoms with Crippen molar-refractivity contribution in [1.29, 1.82) is 0 Å². The van der Waals surface area contributed by atoms with Crippen LogP contribution in [0.15, 0.2) is 0 Å². The van der Waals surface area contributed by atoms with Crippen LogP contribution in [0.2, 0.25) is 0 Å². The van der Waals surface area contributed by atoms with Crippen LogP contribution in [0.3, 0.4) is 0 Å². The lowest BCUT2D eigenvalue weighted by Gasteiger charge is -2.42. The van der Waals surface area contributed by atoms with Gasteiger partial charge in [0, 0.05) is 12.1 Å². The number of nitrogens with one attached hydrogen (secondary N) is 1. The summed E-state index contributed by atoms with van der Waals surface area (Å²) >= 11 is 0. The Morgan fingerprint density at radius 3 is 2.50 bits per heavy atom. The average molecular weight is 271 g/mol. The zero-order valence-electron chi connectivity index (χ0n) is 10.0. The number of sulfonamides is 1. The third-order valence-electron chi connectivity index (χ3n) is 3.56. The summed E-state index contributed by atoms with van der Waals surface area (Å²) < 4.78 is 26.0. The summed E-state index contributed by atoms with van der Waals surface area (Å²) in [6, 6.07) is 0. The van der Waals surface area contributed by atoms with Crippen LogP contribution < -0.4 is 10.5 Å². The van der Waals surface area contributed by atoms with E-state index in [9.17, 15) is 8.42 Å². The zero-order chi connectivity index (χ0) is 11.5. The van der Waals surface area contributed by atoms with Gasteiger partial charge in [-0.25, -0.2) is 13.1 Å². The molecule has 1 rings (SSSR count). The fraction of sp³-hybridized carbons (Fsp3) is 1.00. The lowest BCUT2D eigenvalue weighted by molar-refractivity contribution is 0.191. The van der Waals surface area contributed by atoms with E-state index in [2.05, 4.69) is 11.6 Å². The molecule has 6 heteroatoms. The molecule has 0 aromatic heterocycles. The maximum absolute atomic E-state index is 11.6. The van der Waals surface area contributed by atoms with Crippen LogP contribution in [0.5, 0.6) is 0 Å². The Balaban J connectivity index is 0.00000225. The van der Waals surface area contributed by atoms with Crippen molar-refractivity contribution in [2.45, 2.75) is 45.1 Å². The number of rotatable bonds is 4. The van der Waals surface area contributed by atoms with E-state index in [1.165, 1.54) is 6.42 Å². The van der Waals surface area contributed by atoms with Crippen molar-refractivity contribution in [2.24, 2.45) is 11.7 Å². The molecule has 1 fully saturated rings. The minimum atomic E-state index is -3.15. The molecule has 1 saturated carbocycles. The van der Waals surface area contributed by atoms with Crippen molar-refractivity contribution < 1.29 is 8.42 Å². The van der Waals surface area contributed by atoms with Crippen LogP contribution in [0.4, 0.5) is 0 Å². The first-order chi connectivity index (χ1) is 6.96. The first-order valence-electron chi connectivity index (χ1n) is 5.67. The van der Waals surface area contributed by atoms with Gasteiger partial charge in [0.15, 0.2) is 0 Å². The van der Waals surface area contributed by atoms with Gasteiger partial charge in [0.1, 0.15) is 0 Å². The minimum Gasteiger partial charge on any atom is -0.329 e. The van der Waals surface area contributed by atoms with E-state index in [4.69, 9.17) is 5.73 Å². The van der Waals surface area contributed by atoms with Gasteiger partial charge in [0.25, 0.3) is 0 Å². The highest BCUT2D eigenvalue weighted by atomic mass is 35.5. The number of nitrogens with two attached hydrogens (primary N) is 1. The van der Waals surface area contributed by atoms with Gasteiger partial charge in [0.2, 0.25) is 10.0 Å². The molecular formula is C10H23ClN2O2S. The Hall–Kier alpha value is 0.160. The molecule has 0 radical (unpaired) electrons. The Kier molecular flexibility index (Phi) is 6.25. The van der Waals surface area contributed by atoms with Gasteiger partial charge < -0.3 is 5.73 Å². The quantitative estimate of drug-likeness (QED) is 0.808. The molecule has 0 heterocycles. The van der Waals surface area contributed by atoms with Crippen molar-refractivity contribution in [2.75, 3.05) is 12.3 Å². The van der Waals surface area contributed by atoms with E-state index in [1.54, 1.807) is 6.92 Å². The van der Waals surface area contributed by atoms with E-state index >= 15 is 0 Å². The van der Waals surface area contributed by atoms with Crippen LogP contribution >= 0.6 is 12.4 Å². The Morgan fingerprint density at radius 2 is 2.06 bits per heavy atom. The van der Waals surface area contributed by atoms with Gasteiger partial charge in [0.05, 0.1) is 5.75 Å². The third-order valence-corrected chi connectivity index (χ3v) is 5.03. The molecule has 0 spiro atoms. The Labute approximate surface area is 105 Å². The predicted molar refractivity (Wildman–Crippen MR) is 69.3 cm³/mol. The molecule has 4 nitrogen and oxygen atoms in total. The zero-order valence-corrected chi connectivity index (χ0v) is 11.7. The standard InChI is InChI=1S/C10H22N2O2S.ClH/c1-3-15(13,14)12-10(8-11)7-5-4-6-9(10)2;/h9,12H,3-8,11H2,1-2H3;1H. The van der Waals surface area contributed by atoms with Crippen LogP contribution in [-0.2, 0) is 10.0 Å². The molecule has 2 unspecified atom stereocenters. The third kappa shape index (κ3) is 3.58. The van der Waals surface area contributed by atoms with Gasteiger partial charge in [-0.1, -0.05) is 19.8 Å². The molecule has 16 heavy (non-hydrogen) atoms. The van der Waals surface area contributed by atoms with E-state index in [1.807, 2.05) is 0 Å². The average Bonchev–Trinajstić information content (AvgIpc) is 2.21. The summed E-state index contributed by atoms with van der Waals surface area (Å²) in [5.41, 5.74) is 5.37. The summed E-state index contributed by atoms with van der Waals surface area (Å²) in [4.78, 5) is 0. The highest BCUT2D eigenvalue weighted by Gasteiger charge is 2.39. The number of halogens is 1. The summed E-state index contributed by atoms with van der Waals surface area (Å²) in [5.74, 6) is 0.458. The van der Waals surface area contributed by atoms with Gasteiger partial charge in [-0.2, -0.15) is 0 Å². The van der Waals surface area contributed by atoms with Crippen LogP contribution in [0, 0.1) is 5.92 Å². The molecule has 0 aromatic carbocycles. The lowest BCUT2D eigenvalue weighted by atomic mass is 9.74. The fourth-order valence-electron chi connectivity index (χ4n) is 2.29. The molecule has 1 aliphatic rings. The van der Waals surface area contributed by atoms with Crippen molar-refractivity contribution >= 4 is 22.4 Å². The first-order valence-corrected chi connectivity index (χ1v) is 7.33. The van der Waals surface area contributed by atoms with E-state index in [0.717, 1.165) is 19.3 Å². The van der Waals surface area contributed by atoms with Crippen molar-refractivity contribution in [3.05, 3.63) is 0 Å². The van der Waals surface area contributed by atoms with Crippen LogP contribution in [-0.4, -0.2) is 26.3 Å². The minimum absolute atomic E-state index is 0. The van der Waals surface area contributed by atoms with Crippen LogP contribution in [0.1, 0.15) is 39.5 Å². The second kappa shape index (κ2) is 6.19. The number of hydrogen-bond donors (Lipinski definition) is 2. The lowest BCUT2D eigenvalue weighted by Crippen LogP contribution is -2.59. The Bertz CT molecular complexity index is 308. The highest BCUT2D eigenvalue weighted by molar-refractivity contribution is 7.89. The monoisotopic (exact) mass is 270 g/mol. The van der Waals surface area contributed by atoms with E-state index in [0.29, 0.717) is 12.5 Å². The molecular weight excluding hydrogens is 248 g/mol. The maximum atomic E-state index is 11.6. The molecule has 0 aromatic rings. The van der Waals surface area contributed by atoms with Crippen molar-refractivity contribution in [3.63, 3.8) is 0 Å². The van der Waals surface area contributed by atoms with Crippen molar-refractivity contribution in [1.82, 2.24) is 4.72 Å². The molecule has 98 valence electrons.